The third-order valence-electron chi connectivity index (χ3n) is 5.46. The molecule has 156 valence electrons. The number of carbonyl (C=O) groups excluding carboxylic acids is 1. The van der Waals surface area contributed by atoms with E-state index in [0.717, 1.165) is 45.0 Å². The Morgan fingerprint density at radius 2 is 2.00 bits per heavy atom. The van der Waals surface area contributed by atoms with Gasteiger partial charge in [-0.1, -0.05) is 12.1 Å². The summed E-state index contributed by atoms with van der Waals surface area (Å²) in [7, 11) is 0. The number of H-pyrrole nitrogens is 1. The lowest BCUT2D eigenvalue weighted by molar-refractivity contribution is 0.245. The first-order valence-corrected chi connectivity index (χ1v) is 11.6. The zero-order valence-electron chi connectivity index (χ0n) is 16.9. The highest BCUT2D eigenvalue weighted by molar-refractivity contribution is 9.13. The number of benzene rings is 2. The summed E-state index contributed by atoms with van der Waals surface area (Å²) in [4.78, 5) is 18.4. The summed E-state index contributed by atoms with van der Waals surface area (Å²) in [5.74, 6) is 0. The topological polar surface area (TPSA) is 60.2 Å². The summed E-state index contributed by atoms with van der Waals surface area (Å²) in [6.07, 6.45) is 5.42. The smallest absolute Gasteiger partial charge is 0.323 e. The molecule has 0 aliphatic carbocycles. The summed E-state index contributed by atoms with van der Waals surface area (Å²) in [5, 5.41) is 6.95. The average Bonchev–Trinajstić information content (AvgIpc) is 3.14. The normalized spacial score (nSPS) is 14.8. The van der Waals surface area contributed by atoms with E-state index in [1.165, 1.54) is 11.1 Å². The molecule has 1 aromatic heterocycles. The van der Waals surface area contributed by atoms with Crippen molar-refractivity contribution >= 4 is 65.7 Å². The van der Waals surface area contributed by atoms with Gasteiger partial charge in [-0.3, -0.25) is 4.90 Å². The number of hydrogen-bond donors (Lipinski definition) is 3. The molecule has 2 heterocycles. The first-order valence-electron chi connectivity index (χ1n) is 9.99. The number of aromatic amines is 1. The van der Waals surface area contributed by atoms with Crippen molar-refractivity contribution in [1.82, 2.24) is 9.88 Å². The van der Waals surface area contributed by atoms with Gasteiger partial charge in [-0.25, -0.2) is 4.79 Å². The van der Waals surface area contributed by atoms with Crippen LogP contribution in [0.3, 0.4) is 0 Å². The van der Waals surface area contributed by atoms with Crippen molar-refractivity contribution in [2.45, 2.75) is 26.3 Å². The molecule has 0 spiro atoms. The molecule has 0 radical (unpaired) electrons. The number of nitrogens with zero attached hydrogens (tertiary/aromatic N) is 1. The van der Waals surface area contributed by atoms with Crippen LogP contribution in [-0.4, -0.2) is 35.0 Å². The summed E-state index contributed by atoms with van der Waals surface area (Å²) in [5.41, 5.74) is 5.10. The fraction of sp³-hybridized carbons (Fsp3) is 0.261. The van der Waals surface area contributed by atoms with Crippen molar-refractivity contribution in [1.29, 1.82) is 0 Å². The van der Waals surface area contributed by atoms with Gasteiger partial charge in [0.05, 0.1) is 10.2 Å². The van der Waals surface area contributed by atoms with E-state index >= 15 is 0 Å². The Morgan fingerprint density at radius 1 is 1.17 bits per heavy atom. The first kappa shape index (κ1) is 21.2. The fourth-order valence-corrected chi connectivity index (χ4v) is 4.48. The van der Waals surface area contributed by atoms with E-state index < -0.39 is 0 Å². The minimum absolute atomic E-state index is 0.283. The second kappa shape index (κ2) is 8.96. The van der Waals surface area contributed by atoms with E-state index in [4.69, 9.17) is 0 Å². The third kappa shape index (κ3) is 4.48. The molecule has 2 aromatic carbocycles. The highest BCUT2D eigenvalue weighted by Gasteiger charge is 2.17. The molecule has 1 aliphatic heterocycles. The van der Waals surface area contributed by atoms with Crippen LogP contribution in [0.2, 0.25) is 0 Å². The van der Waals surface area contributed by atoms with Crippen molar-refractivity contribution in [3.63, 3.8) is 0 Å². The molecular weight excluding hydrogens is 508 g/mol. The van der Waals surface area contributed by atoms with Gasteiger partial charge < -0.3 is 15.6 Å². The lowest BCUT2D eigenvalue weighted by Crippen LogP contribution is -2.34. The van der Waals surface area contributed by atoms with Gasteiger partial charge in [0.15, 0.2) is 0 Å². The van der Waals surface area contributed by atoms with Gasteiger partial charge in [0, 0.05) is 52.0 Å². The Hall–Kier alpha value is -2.09. The van der Waals surface area contributed by atoms with Crippen molar-refractivity contribution in [2.24, 2.45) is 0 Å². The fourth-order valence-electron chi connectivity index (χ4n) is 3.75. The van der Waals surface area contributed by atoms with Crippen molar-refractivity contribution in [3.05, 3.63) is 63.2 Å². The first-order chi connectivity index (χ1) is 14.4. The minimum Gasteiger partial charge on any atom is -0.361 e. The van der Waals surface area contributed by atoms with Gasteiger partial charge in [-0.2, -0.15) is 0 Å². The van der Waals surface area contributed by atoms with E-state index in [1.807, 2.05) is 36.4 Å². The Bertz CT molecular complexity index is 1120. The van der Waals surface area contributed by atoms with Gasteiger partial charge in [-0.05, 0) is 88.0 Å². The van der Waals surface area contributed by atoms with Crippen LogP contribution >= 0.6 is 31.9 Å². The molecule has 1 aliphatic rings. The summed E-state index contributed by atoms with van der Waals surface area (Å²) in [6.45, 7) is 6.51. The molecule has 0 bridgehead atoms. The standard InChI is InChI=1S/C23H24Br2N4O/c1-14(2)29-10-8-15(9-11-29)18-13-26-20-7-6-16(12-17(18)20)27-23(30)28-21-5-3-4-19(24)22(21)25/h3-8,12-14,26H,9-11H2,1-2H3,(H2,27,28,30). The molecule has 5 nitrogen and oxygen atoms in total. The number of urea groups is 1. The molecule has 4 rings (SSSR count). The van der Waals surface area contributed by atoms with Crippen LogP contribution in [0.15, 0.2) is 57.6 Å². The second-order valence-corrected chi connectivity index (χ2v) is 9.36. The molecule has 0 saturated carbocycles. The number of amides is 2. The Labute approximate surface area is 193 Å². The second-order valence-electron chi connectivity index (χ2n) is 7.71. The predicted octanol–water partition coefficient (Wildman–Crippen LogP) is 6.83. The maximum Gasteiger partial charge on any atom is 0.323 e. The van der Waals surface area contributed by atoms with Crippen LogP contribution in [0, 0.1) is 0 Å². The van der Waals surface area contributed by atoms with Gasteiger partial charge in [0.2, 0.25) is 0 Å². The van der Waals surface area contributed by atoms with E-state index in [1.54, 1.807) is 0 Å². The van der Waals surface area contributed by atoms with Gasteiger partial charge >= 0.3 is 6.03 Å². The Kier molecular flexibility index (Phi) is 6.32. The van der Waals surface area contributed by atoms with Gasteiger partial charge in [-0.15, -0.1) is 0 Å². The number of nitrogens with one attached hydrogen (secondary N) is 3. The maximum absolute atomic E-state index is 12.5. The molecule has 7 heteroatoms. The number of fused-ring (bicyclic) bond motifs is 1. The monoisotopic (exact) mass is 530 g/mol. The predicted molar refractivity (Wildman–Crippen MR) is 132 cm³/mol. The number of halogens is 2. The quantitative estimate of drug-likeness (QED) is 0.345. The van der Waals surface area contributed by atoms with Crippen LogP contribution in [0.5, 0.6) is 0 Å². The third-order valence-corrected chi connectivity index (χ3v) is 7.50. The lowest BCUT2D eigenvalue weighted by Gasteiger charge is -2.29. The highest BCUT2D eigenvalue weighted by atomic mass is 79.9. The van der Waals surface area contributed by atoms with Gasteiger partial charge in [0.1, 0.15) is 0 Å². The Morgan fingerprint density at radius 3 is 2.73 bits per heavy atom. The molecule has 0 atom stereocenters. The Balaban J connectivity index is 1.53. The summed E-state index contributed by atoms with van der Waals surface area (Å²) in [6, 6.07) is 11.9. The molecular formula is C23H24Br2N4O. The van der Waals surface area contributed by atoms with Crippen LogP contribution in [0.25, 0.3) is 16.5 Å². The molecule has 3 aromatic rings. The maximum atomic E-state index is 12.5. The number of hydrogen-bond acceptors (Lipinski definition) is 2. The van der Waals surface area contributed by atoms with Crippen LogP contribution < -0.4 is 10.6 Å². The van der Waals surface area contributed by atoms with E-state index in [9.17, 15) is 4.79 Å². The van der Waals surface area contributed by atoms with Crippen molar-refractivity contribution in [2.75, 3.05) is 23.7 Å². The molecule has 0 saturated heterocycles. The number of aromatic nitrogens is 1. The van der Waals surface area contributed by atoms with Crippen molar-refractivity contribution < 1.29 is 4.79 Å². The summed E-state index contributed by atoms with van der Waals surface area (Å²) >= 11 is 6.94. The molecule has 0 unspecified atom stereocenters. The minimum atomic E-state index is -0.283. The SMILES string of the molecule is CC(C)N1CC=C(c2c[nH]c3ccc(NC(=O)Nc4cccc(Br)c4Br)cc23)CC1. The van der Waals surface area contributed by atoms with E-state index in [2.05, 4.69) is 78.5 Å². The largest absolute Gasteiger partial charge is 0.361 e. The zero-order chi connectivity index (χ0) is 21.3. The van der Waals surface area contributed by atoms with Gasteiger partial charge in [0.25, 0.3) is 0 Å². The lowest BCUT2D eigenvalue weighted by atomic mass is 9.98. The van der Waals surface area contributed by atoms with Crippen molar-refractivity contribution in [3.8, 4) is 0 Å². The van der Waals surface area contributed by atoms with E-state index in [-0.39, 0.29) is 6.03 Å². The molecule has 2 amide bonds. The molecule has 3 N–H and O–H groups in total. The van der Waals surface area contributed by atoms with Crippen LogP contribution in [0.1, 0.15) is 25.8 Å². The van der Waals surface area contributed by atoms with Crippen LogP contribution in [-0.2, 0) is 0 Å². The number of anilines is 2. The highest BCUT2D eigenvalue weighted by Crippen LogP contribution is 2.32. The number of carbonyl (C=O) groups is 1. The number of rotatable bonds is 4. The average molecular weight is 532 g/mol. The van der Waals surface area contributed by atoms with E-state index in [0.29, 0.717) is 11.7 Å². The molecule has 30 heavy (non-hydrogen) atoms. The molecule has 0 fully saturated rings. The van der Waals surface area contributed by atoms with Crippen LogP contribution in [0.4, 0.5) is 16.2 Å². The summed E-state index contributed by atoms with van der Waals surface area (Å²) < 4.78 is 1.69. The zero-order valence-corrected chi connectivity index (χ0v) is 20.1.